The molecule has 0 spiro atoms. The van der Waals surface area contributed by atoms with Gasteiger partial charge in [-0.25, -0.2) is 0 Å². The summed E-state index contributed by atoms with van der Waals surface area (Å²) in [7, 11) is -0.467. The van der Waals surface area contributed by atoms with Crippen LogP contribution in [-0.2, 0) is 18.8 Å². The van der Waals surface area contributed by atoms with Crippen molar-refractivity contribution < 1.29 is 18.8 Å². The van der Waals surface area contributed by atoms with Crippen LogP contribution in [0.15, 0.2) is 24.3 Å². The van der Waals surface area contributed by atoms with E-state index in [1.54, 1.807) is 0 Å². The number of rotatable bonds is 5. The molecule has 0 bridgehead atoms. The van der Waals surface area contributed by atoms with E-state index in [1.165, 1.54) is 0 Å². The van der Waals surface area contributed by atoms with Gasteiger partial charge in [0.2, 0.25) is 0 Å². The second-order valence-electron chi connectivity index (χ2n) is 7.10. The van der Waals surface area contributed by atoms with Gasteiger partial charge < -0.3 is 14.0 Å². The molecule has 0 aliphatic carbocycles. The standard InChI is InChI=1S/C18H27BO4/c1-7-21-16(20)12-15(14-11-9-8-10-13(14)2)19-22-17(3,4)18(5,6)23-19/h8-11,15H,7,12H2,1-6H3. The summed E-state index contributed by atoms with van der Waals surface area (Å²) in [5.74, 6) is -0.410. The van der Waals surface area contributed by atoms with Crippen molar-refractivity contribution >= 4 is 13.1 Å². The highest BCUT2D eigenvalue weighted by Crippen LogP contribution is 2.42. The van der Waals surface area contributed by atoms with E-state index in [-0.39, 0.29) is 18.2 Å². The van der Waals surface area contributed by atoms with Crippen molar-refractivity contribution in [2.45, 2.75) is 65.0 Å². The van der Waals surface area contributed by atoms with Crippen molar-refractivity contribution in [3.05, 3.63) is 35.4 Å². The maximum absolute atomic E-state index is 12.1. The highest BCUT2D eigenvalue weighted by Gasteiger charge is 2.54. The number of carbonyl (C=O) groups excluding carboxylic acids is 1. The van der Waals surface area contributed by atoms with Crippen LogP contribution < -0.4 is 0 Å². The first-order valence-electron chi connectivity index (χ1n) is 8.24. The van der Waals surface area contributed by atoms with Crippen LogP contribution in [0.1, 0.15) is 58.0 Å². The highest BCUT2D eigenvalue weighted by molar-refractivity contribution is 6.48. The molecule has 1 atom stereocenters. The second kappa shape index (κ2) is 6.66. The van der Waals surface area contributed by atoms with Crippen LogP contribution in [0.2, 0.25) is 0 Å². The molecule has 1 aliphatic rings. The maximum Gasteiger partial charge on any atom is 0.466 e. The van der Waals surface area contributed by atoms with Gasteiger partial charge in [-0.05, 0) is 52.7 Å². The number of carbonyl (C=O) groups is 1. The molecule has 1 aromatic carbocycles. The third-order valence-electron chi connectivity index (χ3n) is 4.88. The first-order chi connectivity index (χ1) is 10.7. The summed E-state index contributed by atoms with van der Waals surface area (Å²) in [6.07, 6.45) is 0.246. The summed E-state index contributed by atoms with van der Waals surface area (Å²) in [6.45, 7) is 12.3. The fourth-order valence-corrected chi connectivity index (χ4v) is 2.81. The SMILES string of the molecule is CCOC(=O)CC(B1OC(C)(C)C(C)(C)O1)c1ccccc1C. The molecule has 0 saturated carbocycles. The van der Waals surface area contributed by atoms with E-state index in [2.05, 4.69) is 0 Å². The first-order valence-corrected chi connectivity index (χ1v) is 8.24. The van der Waals surface area contributed by atoms with Crippen molar-refractivity contribution in [1.29, 1.82) is 0 Å². The Hall–Kier alpha value is -1.33. The van der Waals surface area contributed by atoms with Gasteiger partial charge >= 0.3 is 13.1 Å². The van der Waals surface area contributed by atoms with Crippen LogP contribution in [0, 0.1) is 6.92 Å². The summed E-state index contributed by atoms with van der Waals surface area (Å²) >= 11 is 0. The zero-order valence-corrected chi connectivity index (χ0v) is 15.0. The van der Waals surface area contributed by atoms with E-state index in [0.29, 0.717) is 6.61 Å². The fraction of sp³-hybridized carbons (Fsp3) is 0.611. The predicted molar refractivity (Wildman–Crippen MR) is 91.3 cm³/mol. The molecule has 1 saturated heterocycles. The van der Waals surface area contributed by atoms with Crippen molar-refractivity contribution in [3.8, 4) is 0 Å². The van der Waals surface area contributed by atoms with E-state index in [9.17, 15) is 4.79 Å². The van der Waals surface area contributed by atoms with Crippen molar-refractivity contribution in [2.24, 2.45) is 0 Å². The van der Waals surface area contributed by atoms with E-state index >= 15 is 0 Å². The lowest BCUT2D eigenvalue weighted by atomic mass is 9.65. The Bertz CT molecular complexity index is 552. The number of ether oxygens (including phenoxy) is 1. The van der Waals surface area contributed by atoms with Crippen LogP contribution in [0.5, 0.6) is 0 Å². The normalized spacial score (nSPS) is 20.3. The Labute approximate surface area is 139 Å². The van der Waals surface area contributed by atoms with E-state index in [0.717, 1.165) is 11.1 Å². The molecule has 1 fully saturated rings. The Kier molecular flexibility index (Phi) is 5.22. The molecule has 2 rings (SSSR count). The number of esters is 1. The smallest absolute Gasteiger partial charge is 0.466 e. The lowest BCUT2D eigenvalue weighted by Gasteiger charge is -2.32. The molecule has 126 valence electrons. The van der Waals surface area contributed by atoms with Crippen LogP contribution in [-0.4, -0.2) is 30.9 Å². The van der Waals surface area contributed by atoms with Gasteiger partial charge in [0.05, 0.1) is 24.2 Å². The van der Waals surface area contributed by atoms with Gasteiger partial charge in [0, 0.05) is 5.82 Å². The van der Waals surface area contributed by atoms with Gasteiger partial charge in [0.15, 0.2) is 0 Å². The van der Waals surface area contributed by atoms with E-state index < -0.39 is 18.3 Å². The van der Waals surface area contributed by atoms with Crippen molar-refractivity contribution in [2.75, 3.05) is 6.61 Å². The molecule has 0 radical (unpaired) electrons. The molecular weight excluding hydrogens is 291 g/mol. The molecule has 0 N–H and O–H groups in total. The quantitative estimate of drug-likeness (QED) is 0.614. The molecule has 1 unspecified atom stereocenters. The summed E-state index contributed by atoms with van der Waals surface area (Å²) in [5, 5.41) is 0. The second-order valence-corrected chi connectivity index (χ2v) is 7.10. The van der Waals surface area contributed by atoms with Crippen LogP contribution in [0.25, 0.3) is 0 Å². The van der Waals surface area contributed by atoms with E-state index in [1.807, 2.05) is 65.8 Å². The molecule has 4 nitrogen and oxygen atoms in total. The number of aryl methyl sites for hydroxylation is 1. The number of hydrogen-bond donors (Lipinski definition) is 0. The molecule has 1 aromatic rings. The zero-order chi connectivity index (χ0) is 17.3. The summed E-state index contributed by atoms with van der Waals surface area (Å²) < 4.78 is 17.5. The fourth-order valence-electron chi connectivity index (χ4n) is 2.81. The lowest BCUT2D eigenvalue weighted by molar-refractivity contribution is -0.143. The monoisotopic (exact) mass is 318 g/mol. The number of hydrogen-bond acceptors (Lipinski definition) is 4. The molecule has 1 heterocycles. The Morgan fingerprint density at radius 3 is 2.26 bits per heavy atom. The van der Waals surface area contributed by atoms with Gasteiger partial charge in [-0.3, -0.25) is 4.79 Å². The minimum absolute atomic E-state index is 0.184. The van der Waals surface area contributed by atoms with Gasteiger partial charge in [-0.15, -0.1) is 0 Å². The third kappa shape index (κ3) is 3.78. The molecule has 1 aliphatic heterocycles. The predicted octanol–water partition coefficient (Wildman–Crippen LogP) is 3.66. The number of benzene rings is 1. The molecular formula is C18H27BO4. The largest absolute Gasteiger partial charge is 0.466 e. The first kappa shape index (κ1) is 18.0. The van der Waals surface area contributed by atoms with Crippen LogP contribution >= 0.6 is 0 Å². The topological polar surface area (TPSA) is 44.8 Å². The summed E-state index contributed by atoms with van der Waals surface area (Å²) in [4.78, 5) is 12.1. The van der Waals surface area contributed by atoms with Gasteiger partial charge in [-0.1, -0.05) is 24.3 Å². The maximum atomic E-state index is 12.1. The minimum Gasteiger partial charge on any atom is -0.466 e. The Morgan fingerprint density at radius 1 is 1.17 bits per heavy atom. The van der Waals surface area contributed by atoms with Crippen molar-refractivity contribution in [3.63, 3.8) is 0 Å². The van der Waals surface area contributed by atoms with Gasteiger partial charge in [0.25, 0.3) is 0 Å². The Morgan fingerprint density at radius 2 is 1.74 bits per heavy atom. The third-order valence-corrected chi connectivity index (χ3v) is 4.88. The van der Waals surface area contributed by atoms with Gasteiger partial charge in [-0.2, -0.15) is 0 Å². The summed E-state index contributed by atoms with van der Waals surface area (Å²) in [5.41, 5.74) is 1.34. The van der Waals surface area contributed by atoms with Crippen LogP contribution in [0.3, 0.4) is 0 Å². The summed E-state index contributed by atoms with van der Waals surface area (Å²) in [6, 6.07) is 8.04. The van der Waals surface area contributed by atoms with Crippen molar-refractivity contribution in [1.82, 2.24) is 0 Å². The lowest BCUT2D eigenvalue weighted by Crippen LogP contribution is -2.41. The average Bonchev–Trinajstić information content (AvgIpc) is 2.66. The highest BCUT2D eigenvalue weighted by atomic mass is 16.7. The molecule has 23 heavy (non-hydrogen) atoms. The molecule has 5 heteroatoms. The van der Waals surface area contributed by atoms with Gasteiger partial charge in [0.1, 0.15) is 0 Å². The minimum atomic E-state index is -0.467. The molecule has 0 aromatic heterocycles. The van der Waals surface area contributed by atoms with E-state index in [4.69, 9.17) is 14.0 Å². The molecule has 0 amide bonds. The zero-order valence-electron chi connectivity index (χ0n) is 15.0. The Balaban J connectivity index is 2.32. The average molecular weight is 318 g/mol. The van der Waals surface area contributed by atoms with Crippen LogP contribution in [0.4, 0.5) is 0 Å².